The molecule has 45 heavy (non-hydrogen) atoms. The average molecular weight is 633 g/mol. The SMILES string of the molecule is CNCCN(C)C(=O)Oc1cc2cc(c1)NC(=O)C(C)=CCC[C@H](OC)[C@@H](OC(N)=O)C(C)=C[C@H](C)[C@@H](O)[C@@H](OC)C[C@H](C)C2. The largest absolute Gasteiger partial charge is 0.439 e. The van der Waals surface area contributed by atoms with Crippen molar-refractivity contribution in [3.05, 3.63) is 47.1 Å². The van der Waals surface area contributed by atoms with Gasteiger partial charge in [0.25, 0.3) is 5.91 Å². The first kappa shape index (κ1) is 37.7. The standard InChI is InChI=1S/C33H52N4O8/c1-20-14-24-17-25(19-26(18-24)44-33(41)37(6)13-12-35-5)36-31(39)21(2)10-9-11-27(42-7)30(45-32(34)40)23(4)16-22(3)29(38)28(15-20)43-8/h10,16-20,22,27-30,35,38H,9,11-15H2,1-8H3,(H2,34,40)(H,36,39)/t20-,22+,27+,28+,29-,30+/m1/s1. The number of carbonyl (C=O) groups excluding carboxylic acids is 3. The molecule has 1 aromatic rings. The van der Waals surface area contributed by atoms with Crippen LogP contribution in [0.15, 0.2) is 41.5 Å². The molecule has 2 bridgehead atoms. The van der Waals surface area contributed by atoms with Gasteiger partial charge >= 0.3 is 12.2 Å². The molecule has 5 N–H and O–H groups in total. The van der Waals surface area contributed by atoms with Gasteiger partial charge < -0.3 is 45.3 Å². The molecule has 0 spiro atoms. The summed E-state index contributed by atoms with van der Waals surface area (Å²) in [6, 6.07) is 5.27. The van der Waals surface area contributed by atoms with Crippen LogP contribution in [0.4, 0.5) is 15.3 Å². The fraction of sp³-hybridized carbons (Fsp3) is 0.606. The van der Waals surface area contributed by atoms with Gasteiger partial charge in [-0.1, -0.05) is 26.0 Å². The number of likely N-dealkylation sites (N-methyl/N-ethyl adjacent to an activating group) is 2. The number of ether oxygens (including phenoxy) is 4. The highest BCUT2D eigenvalue weighted by molar-refractivity contribution is 6.03. The highest BCUT2D eigenvalue weighted by Crippen LogP contribution is 2.28. The van der Waals surface area contributed by atoms with Crippen LogP contribution in [-0.2, 0) is 25.4 Å². The summed E-state index contributed by atoms with van der Waals surface area (Å²) in [6.45, 7) is 8.51. The van der Waals surface area contributed by atoms with Crippen LogP contribution in [-0.4, -0.2) is 93.9 Å². The van der Waals surface area contributed by atoms with Crippen LogP contribution >= 0.6 is 0 Å². The third-order valence-corrected chi connectivity index (χ3v) is 8.00. The maximum atomic E-state index is 13.2. The molecule has 1 heterocycles. The highest BCUT2D eigenvalue weighted by atomic mass is 16.6. The number of carbonyl (C=O) groups is 3. The van der Waals surface area contributed by atoms with Crippen molar-refractivity contribution in [1.29, 1.82) is 0 Å². The number of rotatable bonds is 7. The van der Waals surface area contributed by atoms with Crippen LogP contribution in [0.25, 0.3) is 0 Å². The highest BCUT2D eigenvalue weighted by Gasteiger charge is 2.30. The molecule has 12 nitrogen and oxygen atoms in total. The average Bonchev–Trinajstić information content (AvgIpc) is 2.98. The zero-order valence-corrected chi connectivity index (χ0v) is 27.9. The quantitative estimate of drug-likeness (QED) is 0.325. The number of benzene rings is 1. The lowest BCUT2D eigenvalue weighted by atomic mass is 9.88. The lowest BCUT2D eigenvalue weighted by Crippen LogP contribution is -2.37. The van der Waals surface area contributed by atoms with E-state index in [1.165, 1.54) is 12.0 Å². The molecule has 1 aromatic carbocycles. The predicted molar refractivity (Wildman–Crippen MR) is 173 cm³/mol. The Morgan fingerprint density at radius 3 is 2.44 bits per heavy atom. The molecular weight excluding hydrogens is 580 g/mol. The summed E-state index contributed by atoms with van der Waals surface area (Å²) in [4.78, 5) is 39.2. The second-order valence-corrected chi connectivity index (χ2v) is 11.9. The minimum Gasteiger partial charge on any atom is -0.439 e. The monoisotopic (exact) mass is 632 g/mol. The molecule has 6 atom stereocenters. The van der Waals surface area contributed by atoms with Crippen molar-refractivity contribution in [2.75, 3.05) is 46.7 Å². The number of hydrogen-bond donors (Lipinski definition) is 4. The van der Waals surface area contributed by atoms with Crippen LogP contribution in [0.1, 0.15) is 52.5 Å². The van der Waals surface area contributed by atoms with Crippen molar-refractivity contribution >= 4 is 23.8 Å². The van der Waals surface area contributed by atoms with Crippen molar-refractivity contribution in [2.45, 2.75) is 77.8 Å². The number of nitrogens with zero attached hydrogens (tertiary/aromatic N) is 1. The zero-order chi connectivity index (χ0) is 33.7. The molecule has 0 aliphatic carbocycles. The molecule has 0 saturated heterocycles. The normalized spacial score (nSPS) is 25.4. The van der Waals surface area contributed by atoms with Gasteiger partial charge in [0.1, 0.15) is 5.75 Å². The first-order valence-corrected chi connectivity index (χ1v) is 15.4. The van der Waals surface area contributed by atoms with E-state index in [-0.39, 0.29) is 17.7 Å². The molecule has 1 aliphatic rings. The van der Waals surface area contributed by atoms with Crippen molar-refractivity contribution < 1.29 is 38.4 Å². The Balaban J connectivity index is 2.50. The molecule has 12 heteroatoms. The molecule has 252 valence electrons. The maximum Gasteiger partial charge on any atom is 0.415 e. The molecule has 0 fully saturated rings. The van der Waals surface area contributed by atoms with Gasteiger partial charge in [0.2, 0.25) is 0 Å². The summed E-state index contributed by atoms with van der Waals surface area (Å²) in [5, 5.41) is 17.2. The Morgan fingerprint density at radius 1 is 1.13 bits per heavy atom. The van der Waals surface area contributed by atoms with Crippen molar-refractivity contribution in [2.24, 2.45) is 17.6 Å². The van der Waals surface area contributed by atoms with E-state index in [4.69, 9.17) is 24.7 Å². The lowest BCUT2D eigenvalue weighted by Gasteiger charge is -2.30. The van der Waals surface area contributed by atoms with Gasteiger partial charge in [-0.2, -0.15) is 0 Å². The summed E-state index contributed by atoms with van der Waals surface area (Å²) >= 11 is 0. The number of methoxy groups -OCH3 is 2. The number of hydrogen-bond acceptors (Lipinski definition) is 9. The van der Waals surface area contributed by atoms with Crippen LogP contribution in [0.5, 0.6) is 5.75 Å². The summed E-state index contributed by atoms with van der Waals surface area (Å²) in [5.74, 6) is -0.307. The molecule has 0 unspecified atom stereocenters. The Kier molecular flexibility index (Phi) is 15.5. The van der Waals surface area contributed by atoms with Gasteiger partial charge in [0.15, 0.2) is 6.10 Å². The number of aliphatic hydroxyl groups is 1. The predicted octanol–water partition coefficient (Wildman–Crippen LogP) is 4.02. The van der Waals surface area contributed by atoms with Crippen molar-refractivity contribution in [1.82, 2.24) is 10.2 Å². The molecular formula is C33H52N4O8. The molecule has 0 saturated carbocycles. The van der Waals surface area contributed by atoms with Gasteiger partial charge in [-0.3, -0.25) is 4.79 Å². The van der Waals surface area contributed by atoms with Crippen LogP contribution in [0.2, 0.25) is 0 Å². The lowest BCUT2D eigenvalue weighted by molar-refractivity contribution is -0.112. The fourth-order valence-electron chi connectivity index (χ4n) is 5.43. The molecule has 1 aliphatic heterocycles. The van der Waals surface area contributed by atoms with Gasteiger partial charge in [0.05, 0.1) is 18.3 Å². The van der Waals surface area contributed by atoms with Crippen LogP contribution in [0, 0.1) is 11.8 Å². The molecule has 0 aromatic heterocycles. The number of nitrogens with one attached hydrogen (secondary N) is 2. The van der Waals surface area contributed by atoms with E-state index in [0.29, 0.717) is 61.4 Å². The Morgan fingerprint density at radius 2 is 1.82 bits per heavy atom. The molecule has 3 amide bonds. The molecule has 2 rings (SSSR count). The number of nitrogens with two attached hydrogens (primary N) is 1. The summed E-state index contributed by atoms with van der Waals surface area (Å²) < 4.78 is 22.6. The number of anilines is 1. The summed E-state index contributed by atoms with van der Waals surface area (Å²) in [5.41, 5.74) is 7.89. The van der Waals surface area contributed by atoms with E-state index in [1.54, 1.807) is 53.3 Å². The Bertz CT molecular complexity index is 1200. The second-order valence-electron chi connectivity index (χ2n) is 11.9. The van der Waals surface area contributed by atoms with Gasteiger partial charge in [-0.05, 0) is 75.8 Å². The Hall–Kier alpha value is -3.45. The maximum absolute atomic E-state index is 13.2. The van der Waals surface area contributed by atoms with E-state index in [1.807, 2.05) is 26.0 Å². The number of aliphatic hydroxyl groups excluding tert-OH is 1. The second kappa shape index (κ2) is 18.5. The van der Waals surface area contributed by atoms with Crippen LogP contribution in [0.3, 0.4) is 0 Å². The third-order valence-electron chi connectivity index (χ3n) is 8.00. The van der Waals surface area contributed by atoms with Crippen molar-refractivity contribution in [3.63, 3.8) is 0 Å². The first-order chi connectivity index (χ1) is 21.3. The van der Waals surface area contributed by atoms with Crippen molar-refractivity contribution in [3.8, 4) is 5.75 Å². The van der Waals surface area contributed by atoms with E-state index in [9.17, 15) is 19.5 Å². The zero-order valence-electron chi connectivity index (χ0n) is 27.9. The van der Waals surface area contributed by atoms with Gasteiger partial charge in [-0.15, -0.1) is 0 Å². The minimum absolute atomic E-state index is 0.0437. The topological polar surface area (TPSA) is 162 Å². The van der Waals surface area contributed by atoms with Gasteiger partial charge in [-0.25, -0.2) is 9.59 Å². The number of primary amides is 1. The first-order valence-electron chi connectivity index (χ1n) is 15.4. The fourth-order valence-corrected chi connectivity index (χ4v) is 5.43. The smallest absolute Gasteiger partial charge is 0.415 e. The van der Waals surface area contributed by atoms with E-state index in [2.05, 4.69) is 10.6 Å². The van der Waals surface area contributed by atoms with Crippen LogP contribution < -0.4 is 21.1 Å². The van der Waals surface area contributed by atoms with Gasteiger partial charge in [0, 0.05) is 57.6 Å². The summed E-state index contributed by atoms with van der Waals surface area (Å²) in [6.07, 6.45) is 1.47. The Labute approximate surface area is 267 Å². The number of amides is 3. The number of fused-ring (bicyclic) bond motifs is 2. The van der Waals surface area contributed by atoms with E-state index in [0.717, 1.165) is 5.56 Å². The third kappa shape index (κ3) is 12.1. The van der Waals surface area contributed by atoms with E-state index < -0.39 is 36.6 Å². The number of allylic oxidation sites excluding steroid dienone is 1. The molecule has 0 radical (unpaired) electrons. The summed E-state index contributed by atoms with van der Waals surface area (Å²) in [7, 11) is 6.54. The van der Waals surface area contributed by atoms with E-state index >= 15 is 0 Å². The minimum atomic E-state index is -0.938.